The van der Waals surface area contributed by atoms with E-state index in [1.165, 1.54) is 16.7 Å². The molecule has 0 atom stereocenters. The molecule has 1 heterocycles. The van der Waals surface area contributed by atoms with E-state index in [0.29, 0.717) is 0 Å². The molecule has 0 aliphatic heterocycles. The monoisotopic (exact) mass is 215 g/mol. The zero-order valence-corrected chi connectivity index (χ0v) is 9.77. The molecule has 1 N–H and O–H groups in total. The Kier molecular flexibility index (Phi) is 3.37. The summed E-state index contributed by atoms with van der Waals surface area (Å²) in [6.45, 7) is 3.86. The fraction of sp³-hybridized carbons (Fsp3) is 0.308. The summed E-state index contributed by atoms with van der Waals surface area (Å²) in [5.74, 6) is 0. The fourth-order valence-electron chi connectivity index (χ4n) is 1.62. The van der Waals surface area contributed by atoms with E-state index in [-0.39, 0.29) is 0 Å². The highest BCUT2D eigenvalue weighted by Crippen LogP contribution is 2.03. The van der Waals surface area contributed by atoms with Crippen LogP contribution in [0.4, 0.5) is 0 Å². The summed E-state index contributed by atoms with van der Waals surface area (Å²) < 4.78 is 1.82. The highest BCUT2D eigenvalue weighted by Gasteiger charge is 1.96. The molecule has 84 valence electrons. The Labute approximate surface area is 96.1 Å². The summed E-state index contributed by atoms with van der Waals surface area (Å²) in [4.78, 5) is 0. The van der Waals surface area contributed by atoms with Gasteiger partial charge in [-0.05, 0) is 12.5 Å². The van der Waals surface area contributed by atoms with Gasteiger partial charge in [0.25, 0.3) is 0 Å². The van der Waals surface area contributed by atoms with E-state index in [1.807, 2.05) is 24.1 Å². The Hall–Kier alpha value is -1.61. The Balaban J connectivity index is 1.82. The molecular formula is C13H17N3. The van der Waals surface area contributed by atoms with Crippen LogP contribution >= 0.6 is 0 Å². The number of rotatable bonds is 4. The Morgan fingerprint density at radius 3 is 2.44 bits per heavy atom. The van der Waals surface area contributed by atoms with Gasteiger partial charge in [0.15, 0.2) is 0 Å². The minimum atomic E-state index is 0.863. The average molecular weight is 215 g/mol. The maximum atomic E-state index is 4.13. The lowest BCUT2D eigenvalue weighted by atomic mass is 10.1. The van der Waals surface area contributed by atoms with Gasteiger partial charge in [-0.1, -0.05) is 29.8 Å². The minimum absolute atomic E-state index is 0.863. The van der Waals surface area contributed by atoms with Gasteiger partial charge in [-0.25, -0.2) is 0 Å². The molecule has 0 bridgehead atoms. The van der Waals surface area contributed by atoms with E-state index in [4.69, 9.17) is 0 Å². The second-order valence-electron chi connectivity index (χ2n) is 4.11. The third-order valence-corrected chi connectivity index (χ3v) is 2.54. The molecule has 0 amide bonds. The van der Waals surface area contributed by atoms with Crippen molar-refractivity contribution in [2.45, 2.75) is 20.0 Å². The summed E-state index contributed by atoms with van der Waals surface area (Å²) >= 11 is 0. The van der Waals surface area contributed by atoms with Crippen molar-refractivity contribution in [3.8, 4) is 0 Å². The zero-order valence-electron chi connectivity index (χ0n) is 9.77. The number of nitrogens with zero attached hydrogens (tertiary/aromatic N) is 2. The topological polar surface area (TPSA) is 29.9 Å². The Morgan fingerprint density at radius 2 is 1.81 bits per heavy atom. The number of aromatic nitrogens is 2. The van der Waals surface area contributed by atoms with Crippen molar-refractivity contribution in [1.29, 1.82) is 0 Å². The van der Waals surface area contributed by atoms with Crippen LogP contribution in [0.2, 0.25) is 0 Å². The van der Waals surface area contributed by atoms with Crippen LogP contribution in [0.25, 0.3) is 0 Å². The first-order valence-electron chi connectivity index (χ1n) is 5.48. The van der Waals surface area contributed by atoms with Crippen molar-refractivity contribution in [3.63, 3.8) is 0 Å². The van der Waals surface area contributed by atoms with Gasteiger partial charge in [0.05, 0.1) is 6.20 Å². The molecule has 0 fully saturated rings. The molecule has 1 aromatic heterocycles. The van der Waals surface area contributed by atoms with E-state index < -0.39 is 0 Å². The molecule has 0 aliphatic rings. The molecule has 3 heteroatoms. The van der Waals surface area contributed by atoms with E-state index in [1.54, 1.807) is 0 Å². The van der Waals surface area contributed by atoms with Crippen molar-refractivity contribution in [1.82, 2.24) is 15.1 Å². The summed E-state index contributed by atoms with van der Waals surface area (Å²) in [5.41, 5.74) is 3.83. The van der Waals surface area contributed by atoms with Crippen molar-refractivity contribution in [2.24, 2.45) is 7.05 Å². The first kappa shape index (κ1) is 10.9. The van der Waals surface area contributed by atoms with E-state index in [9.17, 15) is 0 Å². The van der Waals surface area contributed by atoms with Crippen LogP contribution in [0.1, 0.15) is 16.7 Å². The lowest BCUT2D eigenvalue weighted by molar-refractivity contribution is 0.691. The third-order valence-electron chi connectivity index (χ3n) is 2.54. The molecule has 0 unspecified atom stereocenters. The molecule has 3 nitrogen and oxygen atoms in total. The maximum absolute atomic E-state index is 4.13. The Morgan fingerprint density at radius 1 is 1.12 bits per heavy atom. The molecule has 0 aliphatic carbocycles. The van der Waals surface area contributed by atoms with E-state index in [0.717, 1.165) is 13.1 Å². The lowest BCUT2D eigenvalue weighted by Gasteiger charge is -2.03. The van der Waals surface area contributed by atoms with Gasteiger partial charge in [0.1, 0.15) is 0 Å². The highest BCUT2D eigenvalue weighted by molar-refractivity contribution is 5.21. The van der Waals surface area contributed by atoms with Crippen molar-refractivity contribution >= 4 is 0 Å². The predicted molar refractivity (Wildman–Crippen MR) is 64.9 cm³/mol. The van der Waals surface area contributed by atoms with E-state index in [2.05, 4.69) is 41.6 Å². The van der Waals surface area contributed by atoms with Crippen molar-refractivity contribution in [2.75, 3.05) is 0 Å². The predicted octanol–water partition coefficient (Wildman–Crippen LogP) is 2.02. The molecule has 2 rings (SSSR count). The molecular weight excluding hydrogens is 198 g/mol. The summed E-state index contributed by atoms with van der Waals surface area (Å²) in [6, 6.07) is 8.60. The van der Waals surface area contributed by atoms with Gasteiger partial charge in [-0.3, -0.25) is 4.68 Å². The maximum Gasteiger partial charge on any atom is 0.0534 e. The zero-order chi connectivity index (χ0) is 11.4. The first-order valence-corrected chi connectivity index (χ1v) is 5.48. The second kappa shape index (κ2) is 4.94. The van der Waals surface area contributed by atoms with Gasteiger partial charge in [0, 0.05) is 31.9 Å². The smallest absolute Gasteiger partial charge is 0.0534 e. The van der Waals surface area contributed by atoms with Gasteiger partial charge >= 0.3 is 0 Å². The lowest BCUT2D eigenvalue weighted by Crippen LogP contribution is -2.12. The number of benzene rings is 1. The molecule has 0 saturated heterocycles. The largest absolute Gasteiger partial charge is 0.309 e. The summed E-state index contributed by atoms with van der Waals surface area (Å²) in [5, 5.41) is 7.53. The second-order valence-corrected chi connectivity index (χ2v) is 4.11. The average Bonchev–Trinajstić information content (AvgIpc) is 2.67. The number of hydrogen-bond acceptors (Lipinski definition) is 2. The number of nitrogens with one attached hydrogen (secondary N) is 1. The van der Waals surface area contributed by atoms with Crippen molar-refractivity contribution in [3.05, 3.63) is 53.3 Å². The Bertz CT molecular complexity index is 442. The first-order chi connectivity index (χ1) is 7.74. The quantitative estimate of drug-likeness (QED) is 0.845. The summed E-state index contributed by atoms with van der Waals surface area (Å²) in [7, 11) is 1.93. The normalized spacial score (nSPS) is 10.6. The van der Waals surface area contributed by atoms with Crippen LogP contribution in [0.5, 0.6) is 0 Å². The van der Waals surface area contributed by atoms with Gasteiger partial charge < -0.3 is 5.32 Å². The van der Waals surface area contributed by atoms with Crippen LogP contribution in [0.15, 0.2) is 36.7 Å². The number of aryl methyl sites for hydroxylation is 2. The van der Waals surface area contributed by atoms with E-state index >= 15 is 0 Å². The van der Waals surface area contributed by atoms with Crippen LogP contribution in [0, 0.1) is 6.92 Å². The molecule has 16 heavy (non-hydrogen) atoms. The van der Waals surface area contributed by atoms with Crippen LogP contribution in [0.3, 0.4) is 0 Å². The van der Waals surface area contributed by atoms with Gasteiger partial charge in [-0.2, -0.15) is 5.10 Å². The molecule has 1 aromatic carbocycles. The number of hydrogen-bond donors (Lipinski definition) is 1. The minimum Gasteiger partial charge on any atom is -0.309 e. The SMILES string of the molecule is Cc1ccc(CNCc2cnn(C)c2)cc1. The summed E-state index contributed by atoms with van der Waals surface area (Å²) in [6.07, 6.45) is 3.92. The molecule has 0 saturated carbocycles. The molecule has 0 radical (unpaired) electrons. The fourth-order valence-corrected chi connectivity index (χ4v) is 1.62. The molecule has 2 aromatic rings. The van der Waals surface area contributed by atoms with Gasteiger partial charge in [-0.15, -0.1) is 0 Å². The van der Waals surface area contributed by atoms with Crippen LogP contribution in [-0.4, -0.2) is 9.78 Å². The van der Waals surface area contributed by atoms with Crippen LogP contribution < -0.4 is 5.32 Å². The third kappa shape index (κ3) is 2.94. The highest BCUT2D eigenvalue weighted by atomic mass is 15.2. The molecule has 0 spiro atoms. The van der Waals surface area contributed by atoms with Gasteiger partial charge in [0.2, 0.25) is 0 Å². The van der Waals surface area contributed by atoms with Crippen LogP contribution in [-0.2, 0) is 20.1 Å². The van der Waals surface area contributed by atoms with Crippen molar-refractivity contribution < 1.29 is 0 Å². The standard InChI is InChI=1S/C13H17N3/c1-11-3-5-12(6-4-11)7-14-8-13-9-15-16(2)10-13/h3-6,9-10,14H,7-8H2,1-2H3.